The van der Waals surface area contributed by atoms with Gasteiger partial charge in [0.15, 0.2) is 0 Å². The highest BCUT2D eigenvalue weighted by atomic mass is 16.5. The molecule has 160 valence electrons. The van der Waals surface area contributed by atoms with Crippen molar-refractivity contribution in [1.29, 1.82) is 0 Å². The Labute approximate surface area is 188 Å². The van der Waals surface area contributed by atoms with Crippen molar-refractivity contribution in [2.24, 2.45) is 0 Å². The van der Waals surface area contributed by atoms with Crippen LogP contribution in [0.25, 0.3) is 33.2 Å². The largest absolute Gasteiger partial charge is 0.478 e. The highest BCUT2D eigenvalue weighted by molar-refractivity contribution is 6.09. The van der Waals surface area contributed by atoms with Crippen LogP contribution in [0.3, 0.4) is 0 Å². The summed E-state index contributed by atoms with van der Waals surface area (Å²) < 4.78 is 5.52. The van der Waals surface area contributed by atoms with Crippen LogP contribution in [0.1, 0.15) is 20.7 Å². The topological polar surface area (TPSA) is 105 Å². The SMILES string of the molecule is O=C(Nc1onc(-c2ccncc2)c1-c1ccccc1C(=O)O)c1ccc2ccccc2c1. The van der Waals surface area contributed by atoms with Crippen LogP contribution in [0.2, 0.25) is 0 Å². The molecule has 0 atom stereocenters. The van der Waals surface area contributed by atoms with Gasteiger partial charge in [0.05, 0.1) is 11.1 Å². The second kappa shape index (κ2) is 8.39. The molecule has 0 radical (unpaired) electrons. The number of hydrogen-bond acceptors (Lipinski definition) is 5. The van der Waals surface area contributed by atoms with Gasteiger partial charge in [0.25, 0.3) is 5.91 Å². The Balaban J connectivity index is 1.61. The monoisotopic (exact) mass is 435 g/mol. The van der Waals surface area contributed by atoms with Crippen molar-refractivity contribution >= 4 is 28.5 Å². The number of hydrogen-bond donors (Lipinski definition) is 2. The van der Waals surface area contributed by atoms with E-state index in [1.54, 1.807) is 54.9 Å². The predicted octanol–water partition coefficient (Wildman–Crippen LogP) is 5.51. The molecule has 2 aromatic heterocycles. The molecule has 0 saturated heterocycles. The maximum Gasteiger partial charge on any atom is 0.336 e. The molecule has 2 N–H and O–H groups in total. The lowest BCUT2D eigenvalue weighted by molar-refractivity contribution is 0.0697. The molecule has 3 aromatic carbocycles. The summed E-state index contributed by atoms with van der Waals surface area (Å²) in [6.45, 7) is 0. The van der Waals surface area contributed by atoms with E-state index in [9.17, 15) is 14.7 Å². The first-order chi connectivity index (χ1) is 16.1. The van der Waals surface area contributed by atoms with Gasteiger partial charge in [-0.15, -0.1) is 0 Å². The summed E-state index contributed by atoms with van der Waals surface area (Å²) >= 11 is 0. The number of carboxylic acids is 1. The Bertz CT molecular complexity index is 1490. The van der Waals surface area contributed by atoms with Crippen LogP contribution in [0, 0.1) is 0 Å². The number of aromatic nitrogens is 2. The lowest BCUT2D eigenvalue weighted by atomic mass is 9.96. The second-order valence-corrected chi connectivity index (χ2v) is 7.34. The maximum atomic E-state index is 13.1. The summed E-state index contributed by atoms with van der Waals surface area (Å²) in [6.07, 6.45) is 3.20. The fourth-order valence-corrected chi connectivity index (χ4v) is 3.73. The molecular formula is C26H17N3O4. The van der Waals surface area contributed by atoms with E-state index in [1.165, 1.54) is 6.07 Å². The maximum absolute atomic E-state index is 13.1. The molecule has 0 bridgehead atoms. The molecule has 2 heterocycles. The molecule has 0 aliphatic heterocycles. The van der Waals surface area contributed by atoms with E-state index in [4.69, 9.17) is 4.52 Å². The average molecular weight is 435 g/mol. The van der Waals surface area contributed by atoms with Crippen LogP contribution in [0.4, 0.5) is 5.88 Å². The highest BCUT2D eigenvalue weighted by Gasteiger charge is 2.25. The molecule has 33 heavy (non-hydrogen) atoms. The third kappa shape index (κ3) is 3.83. The van der Waals surface area contributed by atoms with Gasteiger partial charge in [0.1, 0.15) is 5.69 Å². The van der Waals surface area contributed by atoms with Gasteiger partial charge in [-0.2, -0.15) is 0 Å². The van der Waals surface area contributed by atoms with E-state index in [-0.39, 0.29) is 11.4 Å². The zero-order chi connectivity index (χ0) is 22.8. The van der Waals surface area contributed by atoms with Crippen LogP contribution >= 0.6 is 0 Å². The van der Waals surface area contributed by atoms with Gasteiger partial charge in [-0.1, -0.05) is 53.7 Å². The number of carbonyl (C=O) groups is 2. The number of nitrogens with zero attached hydrogens (tertiary/aromatic N) is 2. The average Bonchev–Trinajstić information content (AvgIpc) is 3.27. The minimum atomic E-state index is -1.10. The summed E-state index contributed by atoms with van der Waals surface area (Å²) in [5.74, 6) is -1.43. The highest BCUT2D eigenvalue weighted by Crippen LogP contribution is 2.39. The van der Waals surface area contributed by atoms with Crippen molar-refractivity contribution in [3.05, 3.63) is 102 Å². The standard InChI is InChI=1S/C26H17N3O4/c30-24(19-10-9-16-5-1-2-6-18(16)15-19)28-25-22(20-7-3-4-8-21(20)26(31)32)23(29-33-25)17-11-13-27-14-12-17/h1-15H,(H,28,30)(H,31,32). The molecule has 0 aliphatic carbocycles. The molecule has 0 saturated carbocycles. The quantitative estimate of drug-likeness (QED) is 0.377. The Morgan fingerprint density at radius 2 is 1.58 bits per heavy atom. The summed E-state index contributed by atoms with van der Waals surface area (Å²) in [7, 11) is 0. The molecule has 5 aromatic rings. The normalized spacial score (nSPS) is 10.8. The molecule has 7 heteroatoms. The molecule has 0 unspecified atom stereocenters. The van der Waals surface area contributed by atoms with Crippen molar-refractivity contribution in [3.63, 3.8) is 0 Å². The Morgan fingerprint density at radius 3 is 2.36 bits per heavy atom. The molecule has 0 spiro atoms. The number of aromatic carboxylic acids is 1. The second-order valence-electron chi connectivity index (χ2n) is 7.34. The number of anilines is 1. The summed E-state index contributed by atoms with van der Waals surface area (Å²) in [4.78, 5) is 29.0. The van der Waals surface area contributed by atoms with Gasteiger partial charge < -0.3 is 9.63 Å². The smallest absolute Gasteiger partial charge is 0.336 e. The van der Waals surface area contributed by atoms with E-state index < -0.39 is 11.9 Å². The van der Waals surface area contributed by atoms with Gasteiger partial charge in [-0.25, -0.2) is 4.79 Å². The summed E-state index contributed by atoms with van der Waals surface area (Å²) in [5.41, 5.74) is 2.35. The zero-order valence-corrected chi connectivity index (χ0v) is 17.2. The number of benzene rings is 3. The number of nitrogens with one attached hydrogen (secondary N) is 1. The number of rotatable bonds is 5. The van der Waals surface area contributed by atoms with E-state index in [1.807, 2.05) is 30.3 Å². The van der Waals surface area contributed by atoms with Crippen LogP contribution in [0.5, 0.6) is 0 Å². The summed E-state index contributed by atoms with van der Waals surface area (Å²) in [6, 6.07) is 23.1. The van der Waals surface area contributed by atoms with Crippen molar-refractivity contribution < 1.29 is 19.2 Å². The van der Waals surface area contributed by atoms with Crippen molar-refractivity contribution in [1.82, 2.24) is 10.1 Å². The number of fused-ring (bicyclic) bond motifs is 1. The van der Waals surface area contributed by atoms with Gasteiger partial charge >= 0.3 is 5.97 Å². The lowest BCUT2D eigenvalue weighted by Gasteiger charge is -2.09. The van der Waals surface area contributed by atoms with Crippen LogP contribution in [-0.2, 0) is 0 Å². The third-order valence-corrected chi connectivity index (χ3v) is 5.31. The van der Waals surface area contributed by atoms with Gasteiger partial charge in [0, 0.05) is 29.1 Å². The number of carboxylic acid groups (broad SMARTS) is 1. The third-order valence-electron chi connectivity index (χ3n) is 5.31. The first-order valence-corrected chi connectivity index (χ1v) is 10.1. The van der Waals surface area contributed by atoms with E-state index >= 15 is 0 Å². The molecule has 0 aliphatic rings. The first-order valence-electron chi connectivity index (χ1n) is 10.1. The Hall–Kier alpha value is -4.78. The van der Waals surface area contributed by atoms with Crippen LogP contribution in [-0.4, -0.2) is 27.1 Å². The van der Waals surface area contributed by atoms with E-state index in [0.717, 1.165) is 10.8 Å². The zero-order valence-electron chi connectivity index (χ0n) is 17.2. The number of carbonyl (C=O) groups excluding carboxylic acids is 1. The van der Waals surface area contributed by atoms with Crippen molar-refractivity contribution in [2.45, 2.75) is 0 Å². The number of amides is 1. The minimum absolute atomic E-state index is 0.0636. The molecular weight excluding hydrogens is 418 g/mol. The molecule has 7 nitrogen and oxygen atoms in total. The van der Waals surface area contributed by atoms with E-state index in [0.29, 0.717) is 27.9 Å². The minimum Gasteiger partial charge on any atom is -0.478 e. The fourth-order valence-electron chi connectivity index (χ4n) is 3.73. The molecule has 0 fully saturated rings. The van der Waals surface area contributed by atoms with E-state index in [2.05, 4.69) is 15.5 Å². The van der Waals surface area contributed by atoms with Crippen molar-refractivity contribution in [2.75, 3.05) is 5.32 Å². The fraction of sp³-hybridized carbons (Fsp3) is 0. The van der Waals surface area contributed by atoms with Gasteiger partial charge in [-0.3, -0.25) is 15.1 Å². The Kier molecular flexibility index (Phi) is 5.12. The Morgan fingerprint density at radius 1 is 0.848 bits per heavy atom. The predicted molar refractivity (Wildman–Crippen MR) is 124 cm³/mol. The van der Waals surface area contributed by atoms with Gasteiger partial charge in [0.2, 0.25) is 5.88 Å². The first kappa shape index (κ1) is 20.1. The number of pyridine rings is 1. The molecule has 1 amide bonds. The summed E-state index contributed by atoms with van der Waals surface area (Å²) in [5, 5.41) is 18.6. The lowest BCUT2D eigenvalue weighted by Crippen LogP contribution is -2.12. The van der Waals surface area contributed by atoms with Crippen LogP contribution < -0.4 is 5.32 Å². The van der Waals surface area contributed by atoms with Crippen LogP contribution in [0.15, 0.2) is 95.8 Å². The van der Waals surface area contributed by atoms with Crippen molar-refractivity contribution in [3.8, 4) is 22.4 Å². The molecule has 5 rings (SSSR count). The van der Waals surface area contributed by atoms with Gasteiger partial charge in [-0.05, 0) is 41.1 Å².